The summed E-state index contributed by atoms with van der Waals surface area (Å²) >= 11 is 11.4. The molecule has 0 spiro atoms. The molecule has 0 fully saturated rings. The van der Waals surface area contributed by atoms with Crippen LogP contribution in [0, 0.1) is 0 Å². The van der Waals surface area contributed by atoms with E-state index >= 15 is 0 Å². The third-order valence-electron chi connectivity index (χ3n) is 2.48. The van der Waals surface area contributed by atoms with Gasteiger partial charge in [-0.15, -0.1) is 0 Å². The van der Waals surface area contributed by atoms with Gasteiger partial charge in [0, 0.05) is 6.07 Å². The maximum absolute atomic E-state index is 12.9. The first-order valence-electron chi connectivity index (χ1n) is 6.08. The van der Waals surface area contributed by atoms with Gasteiger partial charge < -0.3 is 20.5 Å². The molecule has 134 valence electrons. The van der Waals surface area contributed by atoms with Crippen LogP contribution < -0.4 is 15.4 Å². The van der Waals surface area contributed by atoms with E-state index in [1.165, 1.54) is 6.92 Å². The van der Waals surface area contributed by atoms with Crippen molar-refractivity contribution in [3.05, 3.63) is 22.2 Å². The number of rotatable bonds is 5. The monoisotopic (exact) mass is 392 g/mol. The van der Waals surface area contributed by atoms with Crippen LogP contribution in [0.2, 0.25) is 10.0 Å². The summed E-state index contributed by atoms with van der Waals surface area (Å²) in [6, 6.07) is -0.550. The molecule has 1 aromatic rings. The predicted molar refractivity (Wildman–Crippen MR) is 77.3 cm³/mol. The Hall–Kier alpha value is -1.94. The second-order valence-corrected chi connectivity index (χ2v) is 5.21. The number of anilines is 1. The highest BCUT2D eigenvalue weighted by molar-refractivity contribution is 6.37. The van der Waals surface area contributed by atoms with Gasteiger partial charge in [-0.1, -0.05) is 23.2 Å². The highest BCUT2D eigenvalue weighted by atomic mass is 35.5. The van der Waals surface area contributed by atoms with Crippen molar-refractivity contribution >= 4 is 40.9 Å². The molecule has 3 N–H and O–H groups in total. The number of alkyl halides is 4. The summed E-state index contributed by atoms with van der Waals surface area (Å²) in [5, 5.41) is 12.2. The molecule has 0 saturated carbocycles. The summed E-state index contributed by atoms with van der Waals surface area (Å²) in [7, 11) is 0. The van der Waals surface area contributed by atoms with E-state index in [0.29, 0.717) is 0 Å². The van der Waals surface area contributed by atoms with Crippen LogP contribution in [-0.2, 0) is 4.79 Å². The summed E-state index contributed by atoms with van der Waals surface area (Å²) in [5.41, 5.74) is -0.263. The number of ether oxygens (including phenoxy) is 1. The zero-order valence-corrected chi connectivity index (χ0v) is 13.3. The van der Waals surface area contributed by atoms with E-state index in [4.69, 9.17) is 28.3 Å². The van der Waals surface area contributed by atoms with E-state index in [1.807, 2.05) is 5.32 Å². The molecule has 0 aliphatic carbocycles. The fourth-order valence-electron chi connectivity index (χ4n) is 1.31. The largest absolute Gasteiger partial charge is 0.480 e. The number of carbonyl (C=O) groups is 2. The van der Waals surface area contributed by atoms with Crippen LogP contribution in [0.25, 0.3) is 0 Å². The topological polar surface area (TPSA) is 87.7 Å². The first-order chi connectivity index (χ1) is 10.9. The molecule has 0 saturated heterocycles. The number of amides is 2. The summed E-state index contributed by atoms with van der Waals surface area (Å²) in [5.74, 6) is -2.03. The highest BCUT2D eigenvalue weighted by Crippen LogP contribution is 2.36. The van der Waals surface area contributed by atoms with Crippen LogP contribution in [0.4, 0.5) is 28.0 Å². The minimum atomic E-state index is -5.27. The number of halogens is 6. The van der Waals surface area contributed by atoms with Gasteiger partial charge in [0.15, 0.2) is 0 Å². The molecule has 0 aliphatic rings. The number of urea groups is 1. The Morgan fingerprint density at radius 3 is 2.33 bits per heavy atom. The number of hydrogen-bond donors (Lipinski definition) is 3. The Bertz CT molecular complexity index is 642. The highest BCUT2D eigenvalue weighted by Gasteiger charge is 2.42. The van der Waals surface area contributed by atoms with E-state index in [0.717, 1.165) is 12.1 Å². The third kappa shape index (κ3) is 5.60. The molecule has 2 amide bonds. The summed E-state index contributed by atoms with van der Waals surface area (Å²) in [4.78, 5) is 22.2. The molecule has 1 unspecified atom stereocenters. The molecule has 24 heavy (non-hydrogen) atoms. The van der Waals surface area contributed by atoms with E-state index in [1.54, 1.807) is 0 Å². The number of carboxylic acid groups (broad SMARTS) is 1. The van der Waals surface area contributed by atoms with Crippen molar-refractivity contribution in [3.63, 3.8) is 0 Å². The Morgan fingerprint density at radius 1 is 1.25 bits per heavy atom. The standard InChI is InChI=1S/C12H10Cl2F4N2O4/c1-4(9(21)22)19-11(23)20-7-3-8(6(14)2-5(7)13)24-10(15)12(16,17)18/h2-4,10H,1H3,(H,21,22)(H2,19,20,23)/t4-,10?/m0/s1. The minimum absolute atomic E-state index is 0.187. The quantitative estimate of drug-likeness (QED) is 0.664. The zero-order valence-electron chi connectivity index (χ0n) is 11.7. The van der Waals surface area contributed by atoms with Crippen molar-refractivity contribution in [2.45, 2.75) is 25.5 Å². The van der Waals surface area contributed by atoms with Gasteiger partial charge in [0.2, 0.25) is 0 Å². The molecule has 0 bridgehead atoms. The first kappa shape index (κ1) is 20.1. The van der Waals surface area contributed by atoms with Gasteiger partial charge in [-0.25, -0.2) is 4.79 Å². The van der Waals surface area contributed by atoms with Crippen molar-refractivity contribution in [3.8, 4) is 5.75 Å². The van der Waals surface area contributed by atoms with Crippen LogP contribution in [0.5, 0.6) is 5.75 Å². The number of hydrogen-bond acceptors (Lipinski definition) is 3. The zero-order chi connectivity index (χ0) is 18.7. The number of benzene rings is 1. The van der Waals surface area contributed by atoms with Crippen LogP contribution >= 0.6 is 23.2 Å². The van der Waals surface area contributed by atoms with Gasteiger partial charge >= 0.3 is 24.5 Å². The Labute approximate surface area is 142 Å². The SMILES string of the molecule is C[C@H](NC(=O)Nc1cc(OC(F)C(F)(F)F)c(Cl)cc1Cl)C(=O)O. The van der Waals surface area contributed by atoms with Crippen molar-refractivity contribution in [2.24, 2.45) is 0 Å². The molecular formula is C12H10Cl2F4N2O4. The van der Waals surface area contributed by atoms with Crippen molar-refractivity contribution in [1.82, 2.24) is 5.32 Å². The lowest BCUT2D eigenvalue weighted by Crippen LogP contribution is -2.40. The Kier molecular flexibility index (Phi) is 6.50. The van der Waals surface area contributed by atoms with Gasteiger partial charge in [0.25, 0.3) is 0 Å². The number of carboxylic acids is 1. The molecular weight excluding hydrogens is 383 g/mol. The molecule has 1 rings (SSSR count). The van der Waals surface area contributed by atoms with E-state index in [9.17, 15) is 27.2 Å². The first-order valence-corrected chi connectivity index (χ1v) is 6.84. The Morgan fingerprint density at radius 2 is 1.83 bits per heavy atom. The molecule has 1 aromatic carbocycles. The maximum atomic E-state index is 12.9. The average Bonchev–Trinajstić information content (AvgIpc) is 2.42. The summed E-state index contributed by atoms with van der Waals surface area (Å²) in [6.07, 6.45) is -8.91. The van der Waals surface area contributed by atoms with Gasteiger partial charge in [-0.05, 0) is 13.0 Å². The van der Waals surface area contributed by atoms with Gasteiger partial charge in [0.05, 0.1) is 15.7 Å². The third-order valence-corrected chi connectivity index (χ3v) is 3.08. The summed E-state index contributed by atoms with van der Waals surface area (Å²) in [6.45, 7) is 1.18. The molecule has 0 heterocycles. The molecule has 0 aromatic heterocycles. The van der Waals surface area contributed by atoms with Gasteiger partial charge in [-0.3, -0.25) is 4.79 Å². The minimum Gasteiger partial charge on any atom is -0.480 e. The second-order valence-electron chi connectivity index (χ2n) is 4.40. The molecule has 0 radical (unpaired) electrons. The van der Waals surface area contributed by atoms with Gasteiger partial charge in [0.1, 0.15) is 11.8 Å². The number of aliphatic carboxylic acids is 1. The molecule has 2 atom stereocenters. The van der Waals surface area contributed by atoms with Crippen LogP contribution in [0.1, 0.15) is 6.92 Å². The summed E-state index contributed by atoms with van der Waals surface area (Å²) < 4.78 is 53.5. The van der Waals surface area contributed by atoms with Crippen LogP contribution in [-0.4, -0.2) is 35.7 Å². The average molecular weight is 393 g/mol. The Balaban J connectivity index is 2.94. The van der Waals surface area contributed by atoms with Crippen molar-refractivity contribution < 1.29 is 37.0 Å². The molecule has 12 heteroatoms. The lowest BCUT2D eigenvalue weighted by atomic mass is 10.3. The maximum Gasteiger partial charge on any atom is 0.457 e. The van der Waals surface area contributed by atoms with Gasteiger partial charge in [-0.2, -0.15) is 17.6 Å². The van der Waals surface area contributed by atoms with E-state index in [2.05, 4.69) is 10.1 Å². The van der Waals surface area contributed by atoms with Crippen molar-refractivity contribution in [1.29, 1.82) is 0 Å². The normalized spacial score (nSPS) is 13.8. The lowest BCUT2D eigenvalue weighted by molar-refractivity contribution is -0.236. The molecule has 0 aliphatic heterocycles. The van der Waals surface area contributed by atoms with E-state index in [-0.39, 0.29) is 10.7 Å². The molecule has 6 nitrogen and oxygen atoms in total. The van der Waals surface area contributed by atoms with E-state index < -0.39 is 41.3 Å². The number of nitrogens with one attached hydrogen (secondary N) is 2. The predicted octanol–water partition coefficient (Wildman–Crippen LogP) is 3.82. The fourth-order valence-corrected chi connectivity index (χ4v) is 1.79. The lowest BCUT2D eigenvalue weighted by Gasteiger charge is -2.17. The number of carbonyl (C=O) groups excluding carboxylic acids is 1. The fraction of sp³-hybridized carbons (Fsp3) is 0.333. The van der Waals surface area contributed by atoms with Crippen LogP contribution in [0.15, 0.2) is 12.1 Å². The second kappa shape index (κ2) is 7.75. The van der Waals surface area contributed by atoms with Crippen molar-refractivity contribution in [2.75, 3.05) is 5.32 Å². The smallest absolute Gasteiger partial charge is 0.457 e. The van der Waals surface area contributed by atoms with Crippen LogP contribution in [0.3, 0.4) is 0 Å².